The SMILES string of the molecule is CC.Cc1cn(C2CC(CN3CCC3)C2)c2ncnc(N)c12.S. The molecule has 6 heteroatoms. The molecular formula is C17H29N5S. The molecule has 2 aromatic rings. The third kappa shape index (κ3) is 3.33. The lowest BCUT2D eigenvalue weighted by molar-refractivity contribution is 0.0921. The van der Waals surface area contributed by atoms with E-state index in [9.17, 15) is 0 Å². The minimum atomic E-state index is 0. The van der Waals surface area contributed by atoms with Gasteiger partial charge in [0.2, 0.25) is 0 Å². The molecular weight excluding hydrogens is 306 g/mol. The summed E-state index contributed by atoms with van der Waals surface area (Å²) in [5, 5.41) is 1.03. The van der Waals surface area contributed by atoms with E-state index in [0.29, 0.717) is 11.9 Å². The van der Waals surface area contributed by atoms with Crippen LogP contribution in [0, 0.1) is 12.8 Å². The molecule has 0 atom stereocenters. The second kappa shape index (κ2) is 7.53. The first-order valence-corrected chi connectivity index (χ1v) is 8.52. The maximum atomic E-state index is 5.98. The highest BCUT2D eigenvalue weighted by Gasteiger charge is 2.33. The molecule has 0 unspecified atom stereocenters. The van der Waals surface area contributed by atoms with Gasteiger partial charge in [-0.1, -0.05) is 13.8 Å². The first-order valence-electron chi connectivity index (χ1n) is 8.52. The van der Waals surface area contributed by atoms with Gasteiger partial charge in [0.1, 0.15) is 17.8 Å². The number of likely N-dealkylation sites (tertiary alicyclic amines) is 1. The molecule has 2 N–H and O–H groups in total. The molecule has 0 bridgehead atoms. The van der Waals surface area contributed by atoms with Crippen molar-refractivity contribution in [3.05, 3.63) is 18.1 Å². The van der Waals surface area contributed by atoms with Crippen molar-refractivity contribution >= 4 is 30.3 Å². The van der Waals surface area contributed by atoms with Crippen molar-refractivity contribution in [2.24, 2.45) is 5.92 Å². The fourth-order valence-corrected chi connectivity index (χ4v) is 3.58. The predicted octanol–water partition coefficient (Wildman–Crippen LogP) is 3.12. The van der Waals surface area contributed by atoms with Gasteiger partial charge >= 0.3 is 0 Å². The highest BCUT2D eigenvalue weighted by Crippen LogP contribution is 2.41. The highest BCUT2D eigenvalue weighted by atomic mass is 32.1. The number of nitrogen functional groups attached to an aromatic ring is 1. The number of rotatable bonds is 3. The van der Waals surface area contributed by atoms with Crippen LogP contribution in [0.4, 0.5) is 5.82 Å². The van der Waals surface area contributed by atoms with Gasteiger partial charge in [-0.25, -0.2) is 9.97 Å². The third-order valence-corrected chi connectivity index (χ3v) is 4.90. The Labute approximate surface area is 145 Å². The Morgan fingerprint density at radius 3 is 2.52 bits per heavy atom. The van der Waals surface area contributed by atoms with Crippen LogP contribution < -0.4 is 5.73 Å². The zero-order chi connectivity index (χ0) is 15.7. The summed E-state index contributed by atoms with van der Waals surface area (Å²) in [7, 11) is 0. The Morgan fingerprint density at radius 2 is 1.91 bits per heavy atom. The minimum Gasteiger partial charge on any atom is -0.383 e. The normalized spacial score (nSPS) is 23.3. The second-order valence-corrected chi connectivity index (χ2v) is 6.32. The lowest BCUT2D eigenvalue weighted by atomic mass is 9.79. The van der Waals surface area contributed by atoms with Crippen LogP contribution in [-0.2, 0) is 0 Å². The summed E-state index contributed by atoms with van der Waals surface area (Å²) in [5.74, 6) is 1.46. The second-order valence-electron chi connectivity index (χ2n) is 6.32. The average molecular weight is 336 g/mol. The van der Waals surface area contributed by atoms with Gasteiger partial charge in [0.15, 0.2) is 0 Å². The number of anilines is 1. The maximum Gasteiger partial charge on any atom is 0.145 e. The average Bonchev–Trinajstić information content (AvgIpc) is 2.76. The van der Waals surface area contributed by atoms with Crippen LogP contribution in [0.2, 0.25) is 0 Å². The number of fused-ring (bicyclic) bond motifs is 1. The fraction of sp³-hybridized carbons (Fsp3) is 0.647. The van der Waals surface area contributed by atoms with Crippen LogP contribution in [-0.4, -0.2) is 39.1 Å². The van der Waals surface area contributed by atoms with Crippen molar-refractivity contribution in [2.45, 2.75) is 46.1 Å². The van der Waals surface area contributed by atoms with E-state index in [1.165, 1.54) is 44.5 Å². The molecule has 2 aromatic heterocycles. The molecule has 5 nitrogen and oxygen atoms in total. The van der Waals surface area contributed by atoms with Crippen molar-refractivity contribution in [3.63, 3.8) is 0 Å². The Morgan fingerprint density at radius 1 is 1.22 bits per heavy atom. The van der Waals surface area contributed by atoms with E-state index in [-0.39, 0.29) is 13.5 Å². The van der Waals surface area contributed by atoms with Gasteiger partial charge < -0.3 is 15.2 Å². The van der Waals surface area contributed by atoms with Gasteiger partial charge in [-0.2, -0.15) is 13.5 Å². The largest absolute Gasteiger partial charge is 0.383 e. The number of hydrogen-bond acceptors (Lipinski definition) is 4. The summed E-state index contributed by atoms with van der Waals surface area (Å²) < 4.78 is 2.31. The smallest absolute Gasteiger partial charge is 0.145 e. The van der Waals surface area contributed by atoms with Crippen LogP contribution in [0.1, 0.15) is 44.7 Å². The highest BCUT2D eigenvalue weighted by molar-refractivity contribution is 7.59. The molecule has 0 spiro atoms. The van der Waals surface area contributed by atoms with E-state index in [1.54, 1.807) is 6.33 Å². The number of nitrogens with two attached hydrogens (primary N) is 1. The molecule has 23 heavy (non-hydrogen) atoms. The first kappa shape index (κ1) is 18.1. The molecule has 0 radical (unpaired) electrons. The number of aromatic nitrogens is 3. The predicted molar refractivity (Wildman–Crippen MR) is 101 cm³/mol. The minimum absolute atomic E-state index is 0. The molecule has 1 saturated heterocycles. The zero-order valence-corrected chi connectivity index (χ0v) is 15.4. The van der Waals surface area contributed by atoms with Crippen LogP contribution in [0.15, 0.2) is 12.5 Å². The summed E-state index contributed by atoms with van der Waals surface area (Å²) >= 11 is 0. The number of aryl methyl sites for hydroxylation is 1. The molecule has 0 amide bonds. The Kier molecular flexibility index (Phi) is 5.92. The molecule has 3 heterocycles. The van der Waals surface area contributed by atoms with E-state index >= 15 is 0 Å². The van der Waals surface area contributed by atoms with Gasteiger partial charge in [-0.05, 0) is 50.8 Å². The molecule has 128 valence electrons. The van der Waals surface area contributed by atoms with Gasteiger partial charge in [0.05, 0.1) is 5.39 Å². The monoisotopic (exact) mass is 335 g/mol. The molecule has 0 aromatic carbocycles. The molecule has 4 rings (SSSR count). The van der Waals surface area contributed by atoms with E-state index in [1.807, 2.05) is 13.8 Å². The van der Waals surface area contributed by atoms with Crippen LogP contribution >= 0.6 is 13.5 Å². The van der Waals surface area contributed by atoms with Crippen molar-refractivity contribution in [1.82, 2.24) is 19.4 Å². The van der Waals surface area contributed by atoms with Gasteiger partial charge in [-0.3, -0.25) is 0 Å². The topological polar surface area (TPSA) is 60.0 Å². The van der Waals surface area contributed by atoms with Crippen LogP contribution in [0.25, 0.3) is 11.0 Å². The van der Waals surface area contributed by atoms with Crippen molar-refractivity contribution < 1.29 is 0 Å². The summed E-state index contributed by atoms with van der Waals surface area (Å²) in [6.45, 7) is 9.98. The first-order chi connectivity index (χ1) is 10.7. The summed E-state index contributed by atoms with van der Waals surface area (Å²) in [5.41, 5.74) is 8.16. The van der Waals surface area contributed by atoms with E-state index in [4.69, 9.17) is 5.73 Å². The Balaban J connectivity index is 0.000000617. The Hall–Kier alpha value is -1.27. The lowest BCUT2D eigenvalue weighted by Gasteiger charge is -2.42. The van der Waals surface area contributed by atoms with E-state index in [2.05, 4.69) is 32.6 Å². The number of nitrogens with zero attached hydrogens (tertiary/aromatic N) is 4. The molecule has 1 aliphatic carbocycles. The summed E-state index contributed by atoms with van der Waals surface area (Å²) in [4.78, 5) is 11.1. The van der Waals surface area contributed by atoms with Crippen LogP contribution in [0.5, 0.6) is 0 Å². The third-order valence-electron chi connectivity index (χ3n) is 4.90. The quantitative estimate of drug-likeness (QED) is 0.936. The van der Waals surface area contributed by atoms with E-state index < -0.39 is 0 Å². The fourth-order valence-electron chi connectivity index (χ4n) is 3.58. The number of hydrogen-bond donors (Lipinski definition) is 1. The van der Waals surface area contributed by atoms with Gasteiger partial charge in [0.25, 0.3) is 0 Å². The Bertz CT molecular complexity index is 644. The molecule has 2 fully saturated rings. The van der Waals surface area contributed by atoms with Gasteiger partial charge in [0, 0.05) is 18.8 Å². The van der Waals surface area contributed by atoms with E-state index in [0.717, 1.165) is 17.0 Å². The van der Waals surface area contributed by atoms with Gasteiger partial charge in [-0.15, -0.1) is 0 Å². The van der Waals surface area contributed by atoms with Crippen molar-refractivity contribution in [1.29, 1.82) is 0 Å². The van der Waals surface area contributed by atoms with Crippen molar-refractivity contribution in [2.75, 3.05) is 25.4 Å². The standard InChI is InChI=1S/C15H21N5.C2H6.H2S/c1-10-7-20(15-13(10)14(16)17-9-18-15)12-5-11(6-12)8-19-3-2-4-19;1-2;/h7,9,11-12H,2-6,8H2,1H3,(H2,16,17,18);1-2H3;1H2. The lowest BCUT2D eigenvalue weighted by Crippen LogP contribution is -2.43. The summed E-state index contributed by atoms with van der Waals surface area (Å²) in [6.07, 6.45) is 7.69. The molecule has 2 aliphatic rings. The van der Waals surface area contributed by atoms with Crippen LogP contribution in [0.3, 0.4) is 0 Å². The molecule has 1 aliphatic heterocycles. The summed E-state index contributed by atoms with van der Waals surface area (Å²) in [6, 6.07) is 0.590. The van der Waals surface area contributed by atoms with Crippen molar-refractivity contribution in [3.8, 4) is 0 Å². The zero-order valence-electron chi connectivity index (χ0n) is 14.4. The molecule has 1 saturated carbocycles. The maximum absolute atomic E-state index is 5.98.